The van der Waals surface area contributed by atoms with Crippen LogP contribution in [0, 0.1) is 13.8 Å². The molecular weight excluding hydrogens is 267 g/mol. The van der Waals surface area contributed by atoms with Crippen molar-refractivity contribution >= 4 is 18.9 Å². The fourth-order valence-corrected chi connectivity index (χ4v) is 1.82. The van der Waals surface area contributed by atoms with Crippen LogP contribution in [0.25, 0.3) is 0 Å². The van der Waals surface area contributed by atoms with Crippen LogP contribution in [0.3, 0.4) is 0 Å². The summed E-state index contributed by atoms with van der Waals surface area (Å²) in [6, 6.07) is 3.75. The van der Waals surface area contributed by atoms with E-state index in [1.807, 2.05) is 33.8 Å². The molecule has 0 atom stereocenters. The van der Waals surface area contributed by atoms with Crippen LogP contribution in [0.5, 0.6) is 0 Å². The molecule has 1 aromatic rings. The largest absolute Gasteiger partial charge is 0.465 e. The van der Waals surface area contributed by atoms with E-state index in [4.69, 9.17) is 9.39 Å². The van der Waals surface area contributed by atoms with Crippen LogP contribution in [-0.2, 0) is 9.39 Å². The van der Waals surface area contributed by atoms with Gasteiger partial charge in [0.15, 0.2) is 0 Å². The van der Waals surface area contributed by atoms with E-state index in [1.165, 1.54) is 7.11 Å². The zero-order chi connectivity index (χ0) is 16.4. The van der Waals surface area contributed by atoms with E-state index in [1.54, 1.807) is 19.9 Å². The maximum Gasteiger partial charge on any atom is 0.338 e. The highest BCUT2D eigenvalue weighted by atomic mass is 16.5. The molecular formula is C16H25BO4. The highest BCUT2D eigenvalue weighted by Gasteiger charge is 2.35. The van der Waals surface area contributed by atoms with Crippen molar-refractivity contribution in [3.8, 4) is 0 Å². The van der Waals surface area contributed by atoms with Crippen molar-refractivity contribution in [3.63, 3.8) is 0 Å². The fraction of sp³-hybridized carbons (Fsp3) is 0.562. The zero-order valence-electron chi connectivity index (χ0n) is 14.0. The van der Waals surface area contributed by atoms with Gasteiger partial charge in [-0.25, -0.2) is 4.79 Å². The predicted octanol–water partition coefficient (Wildman–Crippen LogP) is 1.63. The van der Waals surface area contributed by atoms with Gasteiger partial charge in [0.1, 0.15) is 0 Å². The van der Waals surface area contributed by atoms with Gasteiger partial charge in [-0.2, -0.15) is 0 Å². The minimum absolute atomic E-state index is 0.326. The van der Waals surface area contributed by atoms with E-state index in [-0.39, 0.29) is 5.97 Å². The Morgan fingerprint density at radius 2 is 1.71 bits per heavy atom. The molecule has 1 rings (SSSR count). The normalized spacial score (nSPS) is 12.2. The van der Waals surface area contributed by atoms with Crippen LogP contribution >= 0.6 is 0 Å². The van der Waals surface area contributed by atoms with Crippen molar-refractivity contribution in [2.24, 2.45) is 0 Å². The third-order valence-corrected chi connectivity index (χ3v) is 4.15. The maximum atomic E-state index is 11.8. The molecule has 0 amide bonds. The molecule has 0 saturated carbocycles. The number of aryl methyl sites for hydroxylation is 2. The van der Waals surface area contributed by atoms with E-state index in [0.717, 1.165) is 16.6 Å². The quantitative estimate of drug-likeness (QED) is 0.662. The molecule has 1 N–H and O–H groups in total. The van der Waals surface area contributed by atoms with Crippen LogP contribution in [0.2, 0.25) is 0 Å². The number of benzene rings is 1. The summed E-state index contributed by atoms with van der Waals surface area (Å²) in [5.41, 5.74) is 1.73. The Kier molecular flexibility index (Phi) is 5.23. The molecule has 21 heavy (non-hydrogen) atoms. The highest BCUT2D eigenvalue weighted by Crippen LogP contribution is 2.24. The second-order valence-electron chi connectivity index (χ2n) is 6.44. The number of methoxy groups -OCH3 is 1. The minimum atomic E-state index is -0.962. The van der Waals surface area contributed by atoms with Crippen molar-refractivity contribution in [2.75, 3.05) is 7.11 Å². The van der Waals surface area contributed by atoms with Crippen LogP contribution in [0.4, 0.5) is 0 Å². The molecule has 0 aliphatic rings. The maximum absolute atomic E-state index is 11.8. The fourth-order valence-electron chi connectivity index (χ4n) is 1.82. The lowest BCUT2D eigenvalue weighted by Gasteiger charge is -2.37. The van der Waals surface area contributed by atoms with Crippen molar-refractivity contribution in [1.29, 1.82) is 0 Å². The number of hydrogen-bond donors (Lipinski definition) is 1. The molecule has 4 nitrogen and oxygen atoms in total. The van der Waals surface area contributed by atoms with E-state index in [9.17, 15) is 9.90 Å². The van der Waals surface area contributed by atoms with E-state index in [2.05, 4.69) is 0 Å². The molecule has 0 heterocycles. The van der Waals surface area contributed by atoms with Gasteiger partial charge < -0.3 is 14.5 Å². The molecule has 5 heteroatoms. The molecule has 116 valence electrons. The van der Waals surface area contributed by atoms with Crippen molar-refractivity contribution in [2.45, 2.75) is 52.7 Å². The number of carbonyl (C=O) groups is 1. The Labute approximate surface area is 127 Å². The van der Waals surface area contributed by atoms with Gasteiger partial charge in [-0.1, -0.05) is 17.7 Å². The Morgan fingerprint density at radius 3 is 2.19 bits per heavy atom. The molecule has 0 fully saturated rings. The average molecular weight is 292 g/mol. The van der Waals surface area contributed by atoms with E-state index < -0.39 is 11.2 Å². The lowest BCUT2D eigenvalue weighted by molar-refractivity contribution is -0.0893. The molecule has 0 aliphatic heterocycles. The molecule has 0 saturated heterocycles. The van der Waals surface area contributed by atoms with Gasteiger partial charge in [-0.3, -0.25) is 0 Å². The van der Waals surface area contributed by atoms with E-state index in [0.29, 0.717) is 13.0 Å². The first kappa shape index (κ1) is 17.7. The molecule has 0 aromatic heterocycles. The van der Waals surface area contributed by atoms with Crippen molar-refractivity contribution < 1.29 is 19.3 Å². The van der Waals surface area contributed by atoms with Gasteiger partial charge in [-0.05, 0) is 52.6 Å². The molecule has 0 bridgehead atoms. The summed E-state index contributed by atoms with van der Waals surface area (Å²) in [5.74, 6) is -0.351. The van der Waals surface area contributed by atoms with Gasteiger partial charge in [-0.15, -0.1) is 0 Å². The summed E-state index contributed by atoms with van der Waals surface area (Å²) in [5, 5.41) is 10.1. The topological polar surface area (TPSA) is 55.8 Å². The lowest BCUT2D eigenvalue weighted by atomic mass is 9.79. The second-order valence-corrected chi connectivity index (χ2v) is 6.44. The first-order valence-corrected chi connectivity index (χ1v) is 7.04. The third-order valence-electron chi connectivity index (χ3n) is 4.15. The smallest absolute Gasteiger partial charge is 0.338 e. The molecule has 0 aliphatic carbocycles. The summed E-state index contributed by atoms with van der Waals surface area (Å²) < 4.78 is 10.7. The SMILES string of the molecule is COC(=O)c1cc(BOC(C)(C)C(C)(C)O)c(C)cc1C. The van der Waals surface area contributed by atoms with Gasteiger partial charge in [0.2, 0.25) is 0 Å². The van der Waals surface area contributed by atoms with Crippen LogP contribution in [0.15, 0.2) is 12.1 Å². The van der Waals surface area contributed by atoms with Gasteiger partial charge in [0.25, 0.3) is 0 Å². The van der Waals surface area contributed by atoms with Crippen LogP contribution in [0.1, 0.15) is 49.2 Å². The Bertz CT molecular complexity index is 530. The third kappa shape index (κ3) is 4.08. The van der Waals surface area contributed by atoms with Crippen LogP contribution in [-0.4, -0.2) is 36.9 Å². The van der Waals surface area contributed by atoms with Gasteiger partial charge >= 0.3 is 13.5 Å². The summed E-state index contributed by atoms with van der Waals surface area (Å²) in [6.45, 7) is 11.0. The molecule has 1 aromatic carbocycles. The summed E-state index contributed by atoms with van der Waals surface area (Å²) >= 11 is 0. The number of aliphatic hydroxyl groups is 1. The van der Waals surface area contributed by atoms with Crippen molar-refractivity contribution in [3.05, 3.63) is 28.8 Å². The Morgan fingerprint density at radius 1 is 1.14 bits per heavy atom. The first-order valence-electron chi connectivity index (χ1n) is 7.04. The molecule has 0 unspecified atom stereocenters. The highest BCUT2D eigenvalue weighted by molar-refractivity contribution is 6.48. The predicted molar refractivity (Wildman–Crippen MR) is 85.5 cm³/mol. The standard InChI is InChI=1S/C16H25BO4/c1-10-8-11(2)13(9-12(10)14(18)20-7)17-21-16(5,6)15(3,4)19/h8-9,17,19H,1-7H3. The summed E-state index contributed by atoms with van der Waals surface area (Å²) in [4.78, 5) is 11.8. The zero-order valence-corrected chi connectivity index (χ0v) is 14.0. The number of carbonyl (C=O) groups excluding carboxylic acids is 1. The monoisotopic (exact) mass is 292 g/mol. The minimum Gasteiger partial charge on any atom is -0.465 e. The average Bonchev–Trinajstić information content (AvgIpc) is 2.35. The van der Waals surface area contributed by atoms with Gasteiger partial charge in [0.05, 0.1) is 23.9 Å². The number of hydrogen-bond acceptors (Lipinski definition) is 4. The molecule has 0 spiro atoms. The number of ether oxygens (including phenoxy) is 1. The Hall–Kier alpha value is -1.33. The lowest BCUT2D eigenvalue weighted by Crippen LogP contribution is -2.49. The van der Waals surface area contributed by atoms with Crippen LogP contribution < -0.4 is 5.46 Å². The first-order chi connectivity index (χ1) is 9.49. The van der Waals surface area contributed by atoms with Gasteiger partial charge in [0, 0.05) is 0 Å². The summed E-state index contributed by atoms with van der Waals surface area (Å²) in [6.07, 6.45) is 0. The van der Waals surface area contributed by atoms with E-state index >= 15 is 0 Å². The number of esters is 1. The second kappa shape index (κ2) is 6.20. The van der Waals surface area contributed by atoms with Crippen molar-refractivity contribution in [1.82, 2.24) is 0 Å². The summed E-state index contributed by atoms with van der Waals surface area (Å²) in [7, 11) is 1.70. The Balaban J connectivity index is 3.02. The molecule has 0 radical (unpaired) electrons. The number of rotatable bonds is 5.